The molecule has 0 amide bonds. The van der Waals surface area contributed by atoms with Crippen molar-refractivity contribution in [3.8, 4) is 11.5 Å². The molecule has 6 nitrogen and oxygen atoms in total. The van der Waals surface area contributed by atoms with Gasteiger partial charge in [0.15, 0.2) is 0 Å². The van der Waals surface area contributed by atoms with Crippen LogP contribution in [0.25, 0.3) is 0 Å². The van der Waals surface area contributed by atoms with Gasteiger partial charge in [0, 0.05) is 32.0 Å². The summed E-state index contributed by atoms with van der Waals surface area (Å²) in [6.45, 7) is 2.15. The molecule has 28 heavy (non-hydrogen) atoms. The van der Waals surface area contributed by atoms with E-state index in [2.05, 4.69) is 9.88 Å². The minimum absolute atomic E-state index is 0.0299. The van der Waals surface area contributed by atoms with Crippen LogP contribution >= 0.6 is 0 Å². The largest absolute Gasteiger partial charge is 0.496 e. The number of aromatic amines is 1. The maximum absolute atomic E-state index is 12.8. The molecule has 2 heterocycles. The van der Waals surface area contributed by atoms with Gasteiger partial charge in [0.2, 0.25) is 0 Å². The minimum Gasteiger partial charge on any atom is -0.496 e. The normalized spacial score (nSPS) is 17.9. The van der Waals surface area contributed by atoms with Gasteiger partial charge < -0.3 is 14.5 Å². The molecule has 0 saturated heterocycles. The lowest BCUT2D eigenvalue weighted by Gasteiger charge is -2.29. The van der Waals surface area contributed by atoms with Crippen LogP contribution in [0.15, 0.2) is 23.0 Å². The molecule has 0 bridgehead atoms. The van der Waals surface area contributed by atoms with Crippen molar-refractivity contribution >= 4 is 0 Å². The summed E-state index contributed by atoms with van der Waals surface area (Å²) in [5.74, 6) is 2.94. The van der Waals surface area contributed by atoms with E-state index in [1.165, 1.54) is 19.3 Å². The fourth-order valence-corrected chi connectivity index (χ4v) is 4.51. The number of hydrogen-bond acceptors (Lipinski definition) is 5. The monoisotopic (exact) mass is 383 g/mol. The van der Waals surface area contributed by atoms with E-state index in [-0.39, 0.29) is 5.56 Å². The number of nitrogens with zero attached hydrogens (tertiary/aromatic N) is 2. The van der Waals surface area contributed by atoms with Gasteiger partial charge in [-0.25, -0.2) is 4.98 Å². The predicted molar refractivity (Wildman–Crippen MR) is 108 cm³/mol. The van der Waals surface area contributed by atoms with Crippen molar-refractivity contribution in [3.05, 3.63) is 51.2 Å². The Bertz CT molecular complexity index is 865. The highest BCUT2D eigenvalue weighted by Gasteiger charge is 2.25. The van der Waals surface area contributed by atoms with Crippen molar-refractivity contribution in [1.29, 1.82) is 0 Å². The van der Waals surface area contributed by atoms with Gasteiger partial charge in [-0.2, -0.15) is 0 Å². The second-order valence-corrected chi connectivity index (χ2v) is 7.81. The average Bonchev–Trinajstić information content (AvgIpc) is 2.74. The predicted octanol–water partition coefficient (Wildman–Crippen LogP) is 3.39. The smallest absolute Gasteiger partial charge is 0.255 e. The third-order valence-corrected chi connectivity index (χ3v) is 6.07. The highest BCUT2D eigenvalue weighted by atomic mass is 16.5. The number of methoxy groups -OCH3 is 2. The molecule has 1 aliphatic heterocycles. The number of hydrogen-bond donors (Lipinski definition) is 1. The van der Waals surface area contributed by atoms with E-state index < -0.39 is 0 Å². The number of rotatable bonds is 5. The first-order chi connectivity index (χ1) is 13.7. The molecule has 1 aromatic heterocycles. The van der Waals surface area contributed by atoms with Crippen molar-refractivity contribution in [3.63, 3.8) is 0 Å². The van der Waals surface area contributed by atoms with Crippen LogP contribution in [0.1, 0.15) is 60.7 Å². The van der Waals surface area contributed by atoms with Gasteiger partial charge in [0.25, 0.3) is 5.56 Å². The summed E-state index contributed by atoms with van der Waals surface area (Å²) in [4.78, 5) is 23.0. The Morgan fingerprint density at radius 1 is 1.14 bits per heavy atom. The number of benzene rings is 1. The Morgan fingerprint density at radius 2 is 1.86 bits per heavy atom. The Hall–Kier alpha value is -2.34. The van der Waals surface area contributed by atoms with Crippen molar-refractivity contribution in [1.82, 2.24) is 14.9 Å². The first-order valence-corrected chi connectivity index (χ1v) is 10.2. The van der Waals surface area contributed by atoms with E-state index in [1.807, 2.05) is 18.2 Å². The molecule has 2 aliphatic rings. The summed E-state index contributed by atoms with van der Waals surface area (Å²) >= 11 is 0. The van der Waals surface area contributed by atoms with Gasteiger partial charge in [0.05, 0.1) is 31.0 Å². The second kappa shape index (κ2) is 8.35. The molecule has 0 spiro atoms. The molecule has 1 N–H and O–H groups in total. The Balaban J connectivity index is 1.55. The van der Waals surface area contributed by atoms with Gasteiger partial charge in [0.1, 0.15) is 17.3 Å². The number of nitrogens with one attached hydrogen (secondary N) is 1. The zero-order valence-electron chi connectivity index (χ0n) is 16.8. The van der Waals surface area contributed by atoms with Gasteiger partial charge in [-0.05, 0) is 25.0 Å². The van der Waals surface area contributed by atoms with Gasteiger partial charge >= 0.3 is 0 Å². The molecule has 1 fully saturated rings. The first kappa shape index (κ1) is 19.0. The van der Waals surface area contributed by atoms with Crippen molar-refractivity contribution < 1.29 is 9.47 Å². The van der Waals surface area contributed by atoms with Crippen LogP contribution in [0.4, 0.5) is 0 Å². The highest BCUT2D eigenvalue weighted by molar-refractivity contribution is 5.44. The Labute approximate surface area is 165 Å². The molecule has 150 valence electrons. The summed E-state index contributed by atoms with van der Waals surface area (Å²) in [6.07, 6.45) is 6.85. The van der Waals surface area contributed by atoms with Crippen LogP contribution in [0, 0.1) is 0 Å². The molecule has 4 rings (SSSR count). The van der Waals surface area contributed by atoms with Gasteiger partial charge in [-0.1, -0.05) is 25.3 Å². The maximum Gasteiger partial charge on any atom is 0.255 e. The molecule has 6 heteroatoms. The number of H-pyrrole nitrogens is 1. The van der Waals surface area contributed by atoms with Gasteiger partial charge in [-0.3, -0.25) is 9.69 Å². The second-order valence-electron chi connectivity index (χ2n) is 7.81. The molecule has 1 aliphatic carbocycles. The van der Waals surface area contributed by atoms with Crippen molar-refractivity contribution in [2.45, 2.75) is 57.5 Å². The lowest BCUT2D eigenvalue weighted by Crippen LogP contribution is -2.36. The Kier molecular flexibility index (Phi) is 5.67. The summed E-state index contributed by atoms with van der Waals surface area (Å²) in [5, 5.41) is 0. The third-order valence-electron chi connectivity index (χ3n) is 6.07. The quantitative estimate of drug-likeness (QED) is 0.857. The van der Waals surface area contributed by atoms with Crippen molar-refractivity contribution in [2.75, 3.05) is 20.8 Å². The Morgan fingerprint density at radius 3 is 2.54 bits per heavy atom. The van der Waals surface area contributed by atoms with Crippen LogP contribution in [0.5, 0.6) is 11.5 Å². The fourth-order valence-electron chi connectivity index (χ4n) is 4.51. The van der Waals surface area contributed by atoms with E-state index in [0.29, 0.717) is 19.0 Å². The van der Waals surface area contributed by atoms with E-state index in [4.69, 9.17) is 14.5 Å². The standard InChI is InChI=1S/C22H29N3O3/c1-27-19-9-6-10-20(28-2)17(19)14-25-12-11-18-16(13-25)22(26)24-21(23-18)15-7-4-3-5-8-15/h6,9-10,15H,3-5,7-8,11-14H2,1-2H3,(H,23,24,26). The van der Waals surface area contributed by atoms with Crippen LogP contribution in [-0.4, -0.2) is 35.6 Å². The molecule has 1 aromatic carbocycles. The van der Waals surface area contributed by atoms with Crippen LogP contribution < -0.4 is 15.0 Å². The summed E-state index contributed by atoms with van der Waals surface area (Å²) in [6, 6.07) is 5.81. The summed E-state index contributed by atoms with van der Waals surface area (Å²) < 4.78 is 11.0. The summed E-state index contributed by atoms with van der Waals surface area (Å²) in [7, 11) is 3.34. The molecular formula is C22H29N3O3. The molecule has 0 radical (unpaired) electrons. The molecule has 0 unspecified atom stereocenters. The lowest BCUT2D eigenvalue weighted by atomic mass is 9.88. The number of ether oxygens (including phenoxy) is 2. The van der Waals surface area contributed by atoms with Crippen LogP contribution in [-0.2, 0) is 19.5 Å². The molecular weight excluding hydrogens is 354 g/mol. The molecule has 2 aromatic rings. The molecule has 0 atom stereocenters. The lowest BCUT2D eigenvalue weighted by molar-refractivity contribution is 0.233. The number of aromatic nitrogens is 2. The van der Waals surface area contributed by atoms with E-state index >= 15 is 0 Å². The molecule has 1 saturated carbocycles. The van der Waals surface area contributed by atoms with E-state index in [9.17, 15) is 4.79 Å². The summed E-state index contributed by atoms with van der Waals surface area (Å²) in [5.41, 5.74) is 2.83. The average molecular weight is 383 g/mol. The van der Waals surface area contributed by atoms with Crippen molar-refractivity contribution in [2.24, 2.45) is 0 Å². The highest BCUT2D eigenvalue weighted by Crippen LogP contribution is 2.32. The van der Waals surface area contributed by atoms with Crippen LogP contribution in [0.3, 0.4) is 0 Å². The zero-order chi connectivity index (χ0) is 19.5. The zero-order valence-corrected chi connectivity index (χ0v) is 16.8. The van der Waals surface area contributed by atoms with E-state index in [0.717, 1.165) is 60.0 Å². The first-order valence-electron chi connectivity index (χ1n) is 10.2. The fraction of sp³-hybridized carbons (Fsp3) is 0.545. The number of fused-ring (bicyclic) bond motifs is 1. The topological polar surface area (TPSA) is 67.5 Å². The minimum atomic E-state index is 0.0299. The van der Waals surface area contributed by atoms with E-state index in [1.54, 1.807) is 14.2 Å². The maximum atomic E-state index is 12.8. The van der Waals surface area contributed by atoms with Gasteiger partial charge in [-0.15, -0.1) is 0 Å². The third kappa shape index (κ3) is 3.78. The van der Waals surface area contributed by atoms with Crippen LogP contribution in [0.2, 0.25) is 0 Å². The SMILES string of the molecule is COc1cccc(OC)c1CN1CCc2nc(C3CCCCC3)[nH]c(=O)c2C1.